The van der Waals surface area contributed by atoms with Crippen LogP contribution in [0, 0.1) is 0 Å². The molecule has 0 amide bonds. The molecule has 0 spiro atoms. The fourth-order valence-electron chi connectivity index (χ4n) is 2.36. The molecule has 0 aliphatic rings. The maximum absolute atomic E-state index is 6.13. The van der Waals surface area contributed by atoms with Gasteiger partial charge in [-0.15, -0.1) is 0 Å². The van der Waals surface area contributed by atoms with Crippen LogP contribution in [0.1, 0.15) is 24.1 Å². The van der Waals surface area contributed by atoms with Crippen LogP contribution in [0.4, 0.5) is 0 Å². The van der Waals surface area contributed by atoms with Crippen LogP contribution in [0.25, 0.3) is 0 Å². The zero-order valence-electron chi connectivity index (χ0n) is 12.5. The fourth-order valence-corrected chi connectivity index (χ4v) is 2.54. The van der Waals surface area contributed by atoms with Gasteiger partial charge in [-0.1, -0.05) is 23.7 Å². The molecule has 0 saturated carbocycles. The van der Waals surface area contributed by atoms with Gasteiger partial charge in [0.1, 0.15) is 11.5 Å². The lowest BCUT2D eigenvalue weighted by molar-refractivity contribution is 0.340. The predicted molar refractivity (Wildman–Crippen MR) is 86.5 cm³/mol. The van der Waals surface area contributed by atoms with Crippen LogP contribution in [0.3, 0.4) is 0 Å². The molecule has 0 aliphatic carbocycles. The Morgan fingerprint density at radius 2 is 1.86 bits per heavy atom. The number of hydrogen-bond acceptors (Lipinski definition) is 3. The van der Waals surface area contributed by atoms with E-state index < -0.39 is 0 Å². The van der Waals surface area contributed by atoms with Gasteiger partial charge in [0.05, 0.1) is 19.8 Å². The SMILES string of the molecule is CCOc1ccc(C(NC)c2cc(Cl)ccc2OC)cc1. The number of methoxy groups -OCH3 is 1. The van der Waals surface area contributed by atoms with Gasteiger partial charge in [0.2, 0.25) is 0 Å². The van der Waals surface area contributed by atoms with Gasteiger partial charge < -0.3 is 14.8 Å². The number of hydrogen-bond donors (Lipinski definition) is 1. The van der Waals surface area contributed by atoms with E-state index in [0.717, 1.165) is 22.6 Å². The number of ether oxygens (including phenoxy) is 2. The zero-order chi connectivity index (χ0) is 15.2. The minimum atomic E-state index is 0.00864. The molecule has 3 nitrogen and oxygen atoms in total. The Morgan fingerprint density at radius 1 is 1.14 bits per heavy atom. The van der Waals surface area contributed by atoms with Crippen molar-refractivity contribution in [1.82, 2.24) is 5.32 Å². The maximum atomic E-state index is 6.13. The van der Waals surface area contributed by atoms with Crippen LogP contribution in [0.2, 0.25) is 5.02 Å². The van der Waals surface area contributed by atoms with E-state index in [9.17, 15) is 0 Å². The normalized spacial score (nSPS) is 12.0. The quantitative estimate of drug-likeness (QED) is 0.873. The summed E-state index contributed by atoms with van der Waals surface area (Å²) in [5.41, 5.74) is 2.14. The third-order valence-corrected chi connectivity index (χ3v) is 3.55. The first-order valence-electron chi connectivity index (χ1n) is 6.93. The van der Waals surface area contributed by atoms with E-state index in [2.05, 4.69) is 5.32 Å². The third-order valence-electron chi connectivity index (χ3n) is 3.32. The lowest BCUT2D eigenvalue weighted by Crippen LogP contribution is -2.18. The lowest BCUT2D eigenvalue weighted by Gasteiger charge is -2.20. The average molecular weight is 306 g/mol. The van der Waals surface area contributed by atoms with E-state index in [1.165, 1.54) is 0 Å². The molecule has 0 aromatic heterocycles. The van der Waals surface area contributed by atoms with E-state index in [0.29, 0.717) is 11.6 Å². The summed E-state index contributed by atoms with van der Waals surface area (Å²) in [6.07, 6.45) is 0. The Kier molecular flexibility index (Phi) is 5.48. The van der Waals surface area contributed by atoms with E-state index in [1.807, 2.05) is 56.4 Å². The molecule has 0 saturated heterocycles. The highest BCUT2D eigenvalue weighted by Crippen LogP contribution is 2.32. The van der Waals surface area contributed by atoms with Gasteiger partial charge in [-0.25, -0.2) is 0 Å². The standard InChI is InChI=1S/C17H20ClNO2/c1-4-21-14-8-5-12(6-9-14)17(19-2)15-11-13(18)7-10-16(15)20-3/h5-11,17,19H,4H2,1-3H3. The summed E-state index contributed by atoms with van der Waals surface area (Å²) in [5.74, 6) is 1.68. The van der Waals surface area contributed by atoms with E-state index in [1.54, 1.807) is 7.11 Å². The fraction of sp³-hybridized carbons (Fsp3) is 0.294. The van der Waals surface area contributed by atoms with E-state index >= 15 is 0 Å². The first-order chi connectivity index (χ1) is 10.2. The predicted octanol–water partition coefficient (Wildman–Crippen LogP) is 4.06. The monoisotopic (exact) mass is 305 g/mol. The summed E-state index contributed by atoms with van der Waals surface area (Å²) in [5, 5.41) is 4.00. The highest BCUT2D eigenvalue weighted by molar-refractivity contribution is 6.30. The molecule has 0 heterocycles. The van der Waals surface area contributed by atoms with Crippen LogP contribution in [-0.2, 0) is 0 Å². The van der Waals surface area contributed by atoms with E-state index in [-0.39, 0.29) is 6.04 Å². The Morgan fingerprint density at radius 3 is 2.43 bits per heavy atom. The summed E-state index contributed by atoms with van der Waals surface area (Å²) >= 11 is 6.13. The molecule has 0 aliphatic heterocycles. The topological polar surface area (TPSA) is 30.5 Å². The van der Waals surface area contributed by atoms with Crippen LogP contribution < -0.4 is 14.8 Å². The first-order valence-corrected chi connectivity index (χ1v) is 7.30. The highest BCUT2D eigenvalue weighted by Gasteiger charge is 2.17. The molecular formula is C17H20ClNO2. The van der Waals surface area contributed by atoms with Crippen LogP contribution in [0.15, 0.2) is 42.5 Å². The molecule has 2 aromatic carbocycles. The molecule has 0 bridgehead atoms. The molecule has 1 N–H and O–H groups in total. The zero-order valence-corrected chi connectivity index (χ0v) is 13.3. The molecule has 0 fully saturated rings. The molecule has 1 unspecified atom stereocenters. The summed E-state index contributed by atoms with van der Waals surface area (Å²) in [6.45, 7) is 2.64. The summed E-state index contributed by atoms with van der Waals surface area (Å²) < 4.78 is 10.9. The third kappa shape index (κ3) is 3.69. The van der Waals surface area contributed by atoms with Crippen molar-refractivity contribution in [2.75, 3.05) is 20.8 Å². The van der Waals surface area contributed by atoms with Gasteiger partial charge in [-0.3, -0.25) is 0 Å². The lowest BCUT2D eigenvalue weighted by atomic mass is 9.98. The van der Waals surface area contributed by atoms with Crippen molar-refractivity contribution in [3.63, 3.8) is 0 Å². The molecule has 4 heteroatoms. The Labute approximate surface area is 130 Å². The second-order valence-corrected chi connectivity index (χ2v) is 5.05. The smallest absolute Gasteiger partial charge is 0.124 e. The van der Waals surface area contributed by atoms with Crippen LogP contribution >= 0.6 is 11.6 Å². The molecule has 1 atom stereocenters. The van der Waals surface area contributed by atoms with Gasteiger partial charge in [0, 0.05) is 10.6 Å². The summed E-state index contributed by atoms with van der Waals surface area (Å²) in [6, 6.07) is 13.7. The second-order valence-electron chi connectivity index (χ2n) is 4.61. The number of rotatable bonds is 6. The Bertz CT molecular complexity index is 584. The first kappa shape index (κ1) is 15.7. The Balaban J connectivity index is 2.37. The van der Waals surface area contributed by atoms with E-state index in [4.69, 9.17) is 21.1 Å². The molecule has 0 radical (unpaired) electrons. The minimum Gasteiger partial charge on any atom is -0.496 e. The van der Waals surface area contributed by atoms with Gasteiger partial charge in [0.25, 0.3) is 0 Å². The van der Waals surface area contributed by atoms with Crippen LogP contribution in [0.5, 0.6) is 11.5 Å². The molecular weight excluding hydrogens is 286 g/mol. The number of benzene rings is 2. The van der Waals surface area contributed by atoms with Gasteiger partial charge in [-0.05, 0) is 49.9 Å². The van der Waals surface area contributed by atoms with Crippen LogP contribution in [-0.4, -0.2) is 20.8 Å². The summed E-state index contributed by atoms with van der Waals surface area (Å²) in [4.78, 5) is 0. The molecule has 112 valence electrons. The van der Waals surface area contributed by atoms with Crippen molar-refractivity contribution in [3.8, 4) is 11.5 Å². The largest absolute Gasteiger partial charge is 0.496 e. The van der Waals surface area contributed by atoms with Gasteiger partial charge in [0.15, 0.2) is 0 Å². The van der Waals surface area contributed by atoms with Gasteiger partial charge >= 0.3 is 0 Å². The highest BCUT2D eigenvalue weighted by atomic mass is 35.5. The van der Waals surface area contributed by atoms with Crippen molar-refractivity contribution in [1.29, 1.82) is 0 Å². The second kappa shape index (κ2) is 7.34. The summed E-state index contributed by atoms with van der Waals surface area (Å²) in [7, 11) is 3.58. The van der Waals surface area contributed by atoms with Crippen molar-refractivity contribution >= 4 is 11.6 Å². The van der Waals surface area contributed by atoms with Crippen molar-refractivity contribution < 1.29 is 9.47 Å². The molecule has 21 heavy (non-hydrogen) atoms. The van der Waals surface area contributed by atoms with Crippen molar-refractivity contribution in [2.24, 2.45) is 0 Å². The Hall–Kier alpha value is -1.71. The molecule has 2 aromatic rings. The minimum absolute atomic E-state index is 0.00864. The maximum Gasteiger partial charge on any atom is 0.124 e. The van der Waals surface area contributed by atoms with Crippen molar-refractivity contribution in [3.05, 3.63) is 58.6 Å². The number of nitrogens with one attached hydrogen (secondary N) is 1. The molecule has 2 rings (SSSR count). The average Bonchev–Trinajstić information content (AvgIpc) is 2.50. The number of halogens is 1. The van der Waals surface area contributed by atoms with Crippen molar-refractivity contribution in [2.45, 2.75) is 13.0 Å². The van der Waals surface area contributed by atoms with Gasteiger partial charge in [-0.2, -0.15) is 0 Å².